The van der Waals surface area contributed by atoms with Crippen LogP contribution in [0.4, 0.5) is 0 Å². The first-order chi connectivity index (χ1) is 9.08. The van der Waals surface area contributed by atoms with Crippen LogP contribution < -0.4 is 0 Å². The molecule has 2 rings (SSSR count). The van der Waals surface area contributed by atoms with E-state index in [1.807, 2.05) is 17.0 Å². The monoisotopic (exact) mass is 323 g/mol. The SMILES string of the molecule is Cc1ccccc1CC(=O)N1CCC(C(C)Br)CC1. The highest BCUT2D eigenvalue weighted by atomic mass is 79.9. The number of likely N-dealkylation sites (tertiary alicyclic amines) is 1. The Hall–Kier alpha value is -0.830. The Bertz CT molecular complexity index is 436. The van der Waals surface area contributed by atoms with Crippen LogP contribution in [0.2, 0.25) is 0 Å². The lowest BCUT2D eigenvalue weighted by Gasteiger charge is -2.33. The molecule has 1 unspecified atom stereocenters. The van der Waals surface area contributed by atoms with Gasteiger partial charge in [0.15, 0.2) is 0 Å². The first kappa shape index (κ1) is 14.6. The Kier molecular flexibility index (Phi) is 5.03. The fourth-order valence-electron chi connectivity index (χ4n) is 2.69. The summed E-state index contributed by atoms with van der Waals surface area (Å²) in [5.41, 5.74) is 2.36. The molecular weight excluding hydrogens is 302 g/mol. The average molecular weight is 324 g/mol. The first-order valence-electron chi connectivity index (χ1n) is 7.04. The van der Waals surface area contributed by atoms with Crippen molar-refractivity contribution in [3.8, 4) is 0 Å². The molecule has 0 bridgehead atoms. The summed E-state index contributed by atoms with van der Waals surface area (Å²) in [7, 11) is 0. The highest BCUT2D eigenvalue weighted by Gasteiger charge is 2.25. The fourth-order valence-corrected chi connectivity index (χ4v) is 3.22. The number of benzene rings is 1. The standard InChI is InChI=1S/C16H22BrNO/c1-12-5-3-4-6-15(12)11-16(19)18-9-7-14(8-10-18)13(2)17/h3-6,13-14H,7-11H2,1-2H3. The van der Waals surface area contributed by atoms with Crippen LogP contribution >= 0.6 is 15.9 Å². The molecule has 2 nitrogen and oxygen atoms in total. The molecule has 0 N–H and O–H groups in total. The summed E-state index contributed by atoms with van der Waals surface area (Å²) in [5.74, 6) is 0.984. The second-order valence-electron chi connectivity index (χ2n) is 5.50. The summed E-state index contributed by atoms with van der Waals surface area (Å²) in [4.78, 5) is 14.9. The van der Waals surface area contributed by atoms with Gasteiger partial charge in [0.25, 0.3) is 0 Å². The van der Waals surface area contributed by atoms with Gasteiger partial charge in [-0.15, -0.1) is 0 Å². The van der Waals surface area contributed by atoms with Crippen LogP contribution in [-0.2, 0) is 11.2 Å². The normalized spacial score (nSPS) is 18.4. The van der Waals surface area contributed by atoms with Crippen molar-refractivity contribution in [3.05, 3.63) is 35.4 Å². The van der Waals surface area contributed by atoms with Gasteiger partial charge >= 0.3 is 0 Å². The third-order valence-corrected chi connectivity index (χ3v) is 4.89. The Balaban J connectivity index is 1.90. The predicted octanol–water partition coefficient (Wildman–Crippen LogP) is 3.56. The van der Waals surface area contributed by atoms with E-state index < -0.39 is 0 Å². The van der Waals surface area contributed by atoms with Gasteiger partial charge in [0.2, 0.25) is 5.91 Å². The Morgan fingerprint density at radius 2 is 2.00 bits per heavy atom. The number of hydrogen-bond donors (Lipinski definition) is 0. The van der Waals surface area contributed by atoms with E-state index in [1.165, 1.54) is 5.56 Å². The molecule has 1 aromatic carbocycles. The molecule has 104 valence electrons. The van der Waals surface area contributed by atoms with Gasteiger partial charge < -0.3 is 4.90 Å². The predicted molar refractivity (Wildman–Crippen MR) is 82.6 cm³/mol. The molecule has 1 aromatic rings. The van der Waals surface area contributed by atoms with Crippen LogP contribution in [0, 0.1) is 12.8 Å². The molecule has 0 aromatic heterocycles. The molecule has 1 heterocycles. The third kappa shape index (κ3) is 3.82. The van der Waals surface area contributed by atoms with Crippen molar-refractivity contribution < 1.29 is 4.79 Å². The zero-order valence-electron chi connectivity index (χ0n) is 11.7. The molecule has 0 radical (unpaired) electrons. The molecule has 1 saturated heterocycles. The fraction of sp³-hybridized carbons (Fsp3) is 0.562. The maximum atomic E-state index is 12.3. The Labute approximate surface area is 124 Å². The minimum atomic E-state index is 0.273. The molecule has 1 aliphatic rings. The number of amides is 1. The second-order valence-corrected chi connectivity index (χ2v) is 6.94. The van der Waals surface area contributed by atoms with Crippen LogP contribution in [0.1, 0.15) is 30.9 Å². The number of halogens is 1. The van der Waals surface area contributed by atoms with Gasteiger partial charge in [-0.2, -0.15) is 0 Å². The van der Waals surface area contributed by atoms with Crippen LogP contribution in [0.5, 0.6) is 0 Å². The number of alkyl halides is 1. The molecule has 1 aliphatic heterocycles. The molecule has 0 saturated carbocycles. The van der Waals surface area contributed by atoms with Gasteiger partial charge in [-0.05, 0) is 36.8 Å². The zero-order chi connectivity index (χ0) is 13.8. The lowest BCUT2D eigenvalue weighted by molar-refractivity contribution is -0.131. The van der Waals surface area contributed by atoms with Crippen LogP contribution in [0.15, 0.2) is 24.3 Å². The summed E-state index contributed by atoms with van der Waals surface area (Å²) in [5, 5.41) is 0. The number of aryl methyl sites for hydroxylation is 1. The molecule has 1 amide bonds. The molecule has 1 fully saturated rings. The van der Waals surface area contributed by atoms with Gasteiger partial charge in [-0.25, -0.2) is 0 Å². The summed E-state index contributed by atoms with van der Waals surface area (Å²) in [6, 6.07) is 8.16. The van der Waals surface area contributed by atoms with E-state index in [0.717, 1.165) is 31.5 Å². The Morgan fingerprint density at radius 3 is 2.58 bits per heavy atom. The minimum Gasteiger partial charge on any atom is -0.342 e. The van der Waals surface area contributed by atoms with E-state index in [1.54, 1.807) is 0 Å². The topological polar surface area (TPSA) is 20.3 Å². The van der Waals surface area contributed by atoms with Crippen LogP contribution in [0.3, 0.4) is 0 Å². The van der Waals surface area contributed by atoms with Gasteiger partial charge in [0.1, 0.15) is 0 Å². The number of nitrogens with zero attached hydrogens (tertiary/aromatic N) is 1. The van der Waals surface area contributed by atoms with Crippen molar-refractivity contribution in [3.63, 3.8) is 0 Å². The van der Waals surface area contributed by atoms with E-state index in [2.05, 4.69) is 41.9 Å². The number of piperidine rings is 1. The minimum absolute atomic E-state index is 0.273. The van der Waals surface area contributed by atoms with Crippen LogP contribution in [0.25, 0.3) is 0 Å². The van der Waals surface area contributed by atoms with E-state index >= 15 is 0 Å². The zero-order valence-corrected chi connectivity index (χ0v) is 13.3. The van der Waals surface area contributed by atoms with E-state index in [9.17, 15) is 4.79 Å². The summed E-state index contributed by atoms with van der Waals surface area (Å²) >= 11 is 3.65. The van der Waals surface area contributed by atoms with Crippen molar-refractivity contribution in [2.45, 2.75) is 37.9 Å². The summed E-state index contributed by atoms with van der Waals surface area (Å²) in [6.45, 7) is 6.09. The number of hydrogen-bond acceptors (Lipinski definition) is 1. The van der Waals surface area contributed by atoms with Gasteiger partial charge in [-0.3, -0.25) is 4.79 Å². The molecular formula is C16H22BrNO. The van der Waals surface area contributed by atoms with E-state index in [-0.39, 0.29) is 5.91 Å². The maximum absolute atomic E-state index is 12.3. The van der Waals surface area contributed by atoms with Crippen molar-refractivity contribution in [2.24, 2.45) is 5.92 Å². The van der Waals surface area contributed by atoms with E-state index in [4.69, 9.17) is 0 Å². The highest BCUT2D eigenvalue weighted by molar-refractivity contribution is 9.09. The number of carbonyl (C=O) groups is 1. The van der Waals surface area contributed by atoms with Crippen LogP contribution in [-0.4, -0.2) is 28.7 Å². The summed E-state index contributed by atoms with van der Waals surface area (Å²) in [6.07, 6.45) is 2.78. The lowest BCUT2D eigenvalue weighted by Crippen LogP contribution is -2.40. The summed E-state index contributed by atoms with van der Waals surface area (Å²) < 4.78 is 0. The molecule has 0 spiro atoms. The van der Waals surface area contributed by atoms with Crippen molar-refractivity contribution >= 4 is 21.8 Å². The quantitative estimate of drug-likeness (QED) is 0.779. The lowest BCUT2D eigenvalue weighted by atomic mass is 9.94. The first-order valence-corrected chi connectivity index (χ1v) is 7.96. The van der Waals surface area contributed by atoms with Gasteiger partial charge in [0, 0.05) is 17.9 Å². The van der Waals surface area contributed by atoms with Crippen molar-refractivity contribution in [2.75, 3.05) is 13.1 Å². The maximum Gasteiger partial charge on any atom is 0.226 e. The highest BCUT2D eigenvalue weighted by Crippen LogP contribution is 2.25. The molecule has 0 aliphatic carbocycles. The largest absolute Gasteiger partial charge is 0.342 e. The number of carbonyl (C=O) groups excluding carboxylic acids is 1. The average Bonchev–Trinajstić information content (AvgIpc) is 2.41. The Morgan fingerprint density at radius 1 is 1.37 bits per heavy atom. The molecule has 1 atom stereocenters. The number of rotatable bonds is 3. The second kappa shape index (κ2) is 6.56. The third-order valence-electron chi connectivity index (χ3n) is 4.14. The van der Waals surface area contributed by atoms with Gasteiger partial charge in [0.05, 0.1) is 6.42 Å². The molecule has 3 heteroatoms. The van der Waals surface area contributed by atoms with Gasteiger partial charge in [-0.1, -0.05) is 47.1 Å². The van der Waals surface area contributed by atoms with Crippen molar-refractivity contribution in [1.82, 2.24) is 4.90 Å². The van der Waals surface area contributed by atoms with Crippen molar-refractivity contribution in [1.29, 1.82) is 0 Å². The molecule has 19 heavy (non-hydrogen) atoms. The smallest absolute Gasteiger partial charge is 0.226 e. The van der Waals surface area contributed by atoms with E-state index in [0.29, 0.717) is 17.2 Å².